The first-order valence-electron chi connectivity index (χ1n) is 11.6. The van der Waals surface area contributed by atoms with Crippen molar-refractivity contribution in [3.05, 3.63) is 72.3 Å². The van der Waals surface area contributed by atoms with E-state index in [1.807, 2.05) is 43.3 Å². The lowest BCUT2D eigenvalue weighted by atomic mass is 9.95. The Morgan fingerprint density at radius 3 is 2.24 bits per heavy atom. The monoisotopic (exact) mass is 464 g/mol. The number of allylic oxidation sites excluding steroid dienone is 1. The SMILES string of the molecule is C=CCCC(NC(=O)OCC1c2ccccc2-c2ccccc21)C(=O)NC(C)(CCC)C(=O)O. The van der Waals surface area contributed by atoms with Gasteiger partial charge in [-0.25, -0.2) is 9.59 Å². The molecule has 0 saturated carbocycles. The first-order chi connectivity index (χ1) is 16.3. The van der Waals surface area contributed by atoms with Gasteiger partial charge in [0.2, 0.25) is 5.91 Å². The van der Waals surface area contributed by atoms with E-state index in [9.17, 15) is 19.5 Å². The second-order valence-corrected chi connectivity index (χ2v) is 8.77. The minimum Gasteiger partial charge on any atom is -0.480 e. The van der Waals surface area contributed by atoms with Gasteiger partial charge in [-0.3, -0.25) is 4.79 Å². The number of carbonyl (C=O) groups is 3. The molecule has 180 valence electrons. The van der Waals surface area contributed by atoms with Crippen molar-refractivity contribution in [1.29, 1.82) is 0 Å². The van der Waals surface area contributed by atoms with E-state index in [0.29, 0.717) is 12.8 Å². The Kier molecular flexibility index (Phi) is 8.10. The minimum absolute atomic E-state index is 0.0987. The number of amides is 2. The molecule has 3 rings (SSSR count). The first-order valence-corrected chi connectivity index (χ1v) is 11.6. The molecule has 7 heteroatoms. The molecule has 3 N–H and O–H groups in total. The average molecular weight is 465 g/mol. The molecule has 0 fully saturated rings. The van der Waals surface area contributed by atoms with Crippen LogP contribution in [0.1, 0.15) is 56.6 Å². The van der Waals surface area contributed by atoms with Gasteiger partial charge in [-0.1, -0.05) is 68.0 Å². The lowest BCUT2D eigenvalue weighted by Gasteiger charge is -2.28. The zero-order valence-corrected chi connectivity index (χ0v) is 19.7. The fraction of sp³-hybridized carbons (Fsp3) is 0.370. The molecule has 1 aliphatic rings. The Hall–Kier alpha value is -3.61. The van der Waals surface area contributed by atoms with Crippen molar-refractivity contribution < 1.29 is 24.2 Å². The Balaban J connectivity index is 1.68. The van der Waals surface area contributed by atoms with Crippen molar-refractivity contribution in [2.45, 2.75) is 57.0 Å². The zero-order valence-electron chi connectivity index (χ0n) is 19.7. The summed E-state index contributed by atoms with van der Waals surface area (Å²) in [7, 11) is 0. The molecular formula is C27H32N2O5. The van der Waals surface area contributed by atoms with E-state index in [1.165, 1.54) is 6.92 Å². The number of hydrogen-bond donors (Lipinski definition) is 3. The van der Waals surface area contributed by atoms with Gasteiger partial charge >= 0.3 is 12.1 Å². The number of carboxylic acid groups (broad SMARTS) is 1. The molecule has 2 unspecified atom stereocenters. The molecule has 0 aliphatic heterocycles. The fourth-order valence-electron chi connectivity index (χ4n) is 4.42. The maximum Gasteiger partial charge on any atom is 0.407 e. The number of alkyl carbamates (subject to hydrolysis) is 1. The van der Waals surface area contributed by atoms with E-state index in [0.717, 1.165) is 22.3 Å². The molecule has 2 aromatic carbocycles. The number of fused-ring (bicyclic) bond motifs is 3. The number of nitrogens with one attached hydrogen (secondary N) is 2. The highest BCUT2D eigenvalue weighted by atomic mass is 16.5. The summed E-state index contributed by atoms with van der Waals surface area (Å²) in [6.45, 7) is 7.10. The van der Waals surface area contributed by atoms with E-state index in [2.05, 4.69) is 29.3 Å². The van der Waals surface area contributed by atoms with Gasteiger partial charge in [-0.15, -0.1) is 6.58 Å². The molecule has 0 saturated heterocycles. The molecule has 0 radical (unpaired) electrons. The number of ether oxygens (including phenoxy) is 1. The van der Waals surface area contributed by atoms with Crippen LogP contribution in [0, 0.1) is 0 Å². The molecule has 1 aliphatic carbocycles. The van der Waals surface area contributed by atoms with Crippen molar-refractivity contribution in [3.8, 4) is 11.1 Å². The van der Waals surface area contributed by atoms with Crippen LogP contribution in [0.2, 0.25) is 0 Å². The van der Waals surface area contributed by atoms with Crippen molar-refractivity contribution in [2.24, 2.45) is 0 Å². The normalized spacial score (nSPS) is 14.8. The van der Waals surface area contributed by atoms with Gasteiger partial charge in [0.1, 0.15) is 18.2 Å². The predicted octanol–water partition coefficient (Wildman–Crippen LogP) is 4.62. The van der Waals surface area contributed by atoms with Crippen molar-refractivity contribution >= 4 is 18.0 Å². The summed E-state index contributed by atoms with van der Waals surface area (Å²) >= 11 is 0. The second kappa shape index (κ2) is 11.0. The number of rotatable bonds is 11. The van der Waals surface area contributed by atoms with Crippen LogP contribution >= 0.6 is 0 Å². The van der Waals surface area contributed by atoms with Gasteiger partial charge in [0.25, 0.3) is 0 Å². The van der Waals surface area contributed by atoms with Crippen LogP contribution < -0.4 is 10.6 Å². The highest BCUT2D eigenvalue weighted by molar-refractivity contribution is 5.91. The van der Waals surface area contributed by atoms with Crippen LogP contribution in [0.3, 0.4) is 0 Å². The lowest BCUT2D eigenvalue weighted by Crippen LogP contribution is -2.57. The molecule has 0 bridgehead atoms. The summed E-state index contributed by atoms with van der Waals surface area (Å²) in [4.78, 5) is 37.3. The Bertz CT molecular complexity index is 1020. The van der Waals surface area contributed by atoms with Gasteiger partial charge in [0, 0.05) is 5.92 Å². The lowest BCUT2D eigenvalue weighted by molar-refractivity contribution is -0.147. The first kappa shape index (κ1) is 25.0. The smallest absolute Gasteiger partial charge is 0.407 e. The van der Waals surface area contributed by atoms with E-state index in [1.54, 1.807) is 6.08 Å². The van der Waals surface area contributed by atoms with Crippen LogP contribution in [-0.4, -0.2) is 41.3 Å². The highest BCUT2D eigenvalue weighted by Crippen LogP contribution is 2.44. The molecule has 2 atom stereocenters. The number of benzene rings is 2. The third-order valence-corrected chi connectivity index (χ3v) is 6.23. The Labute approximate surface area is 200 Å². The summed E-state index contributed by atoms with van der Waals surface area (Å²) in [6.07, 6.45) is 2.52. The van der Waals surface area contributed by atoms with Gasteiger partial charge in [0.15, 0.2) is 0 Å². The van der Waals surface area contributed by atoms with Crippen molar-refractivity contribution in [3.63, 3.8) is 0 Å². The van der Waals surface area contributed by atoms with Crippen LogP contribution in [-0.2, 0) is 14.3 Å². The van der Waals surface area contributed by atoms with Crippen LogP contribution in [0.15, 0.2) is 61.2 Å². The summed E-state index contributed by atoms with van der Waals surface area (Å²) in [5, 5.41) is 14.8. The van der Waals surface area contributed by atoms with Crippen LogP contribution in [0.5, 0.6) is 0 Å². The summed E-state index contributed by atoms with van der Waals surface area (Å²) < 4.78 is 5.55. The standard InChI is InChI=1S/C27H32N2O5/c1-4-6-15-23(24(30)29-27(3,16-5-2)25(31)32)28-26(33)34-17-22-20-13-9-7-11-18(20)19-12-8-10-14-21(19)22/h4,7-14,22-23H,1,5-6,15-17H2,2-3H3,(H,28,33)(H,29,30)(H,31,32). The topological polar surface area (TPSA) is 105 Å². The fourth-order valence-corrected chi connectivity index (χ4v) is 4.42. The van der Waals surface area contributed by atoms with Gasteiger partial charge in [-0.05, 0) is 48.4 Å². The minimum atomic E-state index is -1.42. The van der Waals surface area contributed by atoms with Crippen molar-refractivity contribution in [1.82, 2.24) is 10.6 Å². The van der Waals surface area contributed by atoms with Crippen LogP contribution in [0.4, 0.5) is 4.79 Å². The van der Waals surface area contributed by atoms with E-state index >= 15 is 0 Å². The third kappa shape index (κ3) is 5.47. The van der Waals surface area contributed by atoms with E-state index < -0.39 is 29.6 Å². The summed E-state index contributed by atoms with van der Waals surface area (Å²) in [5.74, 6) is -1.78. The van der Waals surface area contributed by atoms with Gasteiger partial charge in [0.05, 0.1) is 0 Å². The van der Waals surface area contributed by atoms with Gasteiger partial charge < -0.3 is 20.5 Å². The molecule has 2 aromatic rings. The molecular weight excluding hydrogens is 432 g/mol. The second-order valence-electron chi connectivity index (χ2n) is 8.77. The molecule has 0 spiro atoms. The quantitative estimate of drug-likeness (QED) is 0.421. The maximum absolute atomic E-state index is 12.9. The predicted molar refractivity (Wildman–Crippen MR) is 131 cm³/mol. The molecule has 34 heavy (non-hydrogen) atoms. The summed E-state index contributed by atoms with van der Waals surface area (Å²) in [6, 6.07) is 15.1. The Morgan fingerprint density at radius 1 is 1.12 bits per heavy atom. The van der Waals surface area contributed by atoms with Gasteiger partial charge in [-0.2, -0.15) is 0 Å². The van der Waals surface area contributed by atoms with Crippen LogP contribution in [0.25, 0.3) is 11.1 Å². The zero-order chi connectivity index (χ0) is 24.7. The van der Waals surface area contributed by atoms with Crippen molar-refractivity contribution in [2.75, 3.05) is 6.61 Å². The summed E-state index contributed by atoms with van der Waals surface area (Å²) in [5.41, 5.74) is 3.02. The van der Waals surface area contributed by atoms with E-state index in [-0.39, 0.29) is 25.4 Å². The number of carboxylic acids is 1. The Morgan fingerprint density at radius 2 is 1.71 bits per heavy atom. The number of aliphatic carboxylic acids is 1. The average Bonchev–Trinajstić information content (AvgIpc) is 3.14. The number of hydrogen-bond acceptors (Lipinski definition) is 4. The molecule has 2 amide bonds. The molecule has 0 aromatic heterocycles. The highest BCUT2D eigenvalue weighted by Gasteiger charge is 2.36. The largest absolute Gasteiger partial charge is 0.480 e. The molecule has 0 heterocycles. The number of carbonyl (C=O) groups excluding carboxylic acids is 2. The van der Waals surface area contributed by atoms with E-state index in [4.69, 9.17) is 4.74 Å². The third-order valence-electron chi connectivity index (χ3n) is 6.23. The maximum atomic E-state index is 12.9. The molecule has 7 nitrogen and oxygen atoms in total.